The lowest BCUT2D eigenvalue weighted by molar-refractivity contribution is 0.550. The van der Waals surface area contributed by atoms with Gasteiger partial charge in [-0.15, -0.1) is 0 Å². The van der Waals surface area contributed by atoms with Crippen LogP contribution in [-0.2, 0) is 13.1 Å². The van der Waals surface area contributed by atoms with E-state index in [1.165, 1.54) is 10.6 Å². The first-order chi connectivity index (χ1) is 12.5. The predicted molar refractivity (Wildman–Crippen MR) is 103 cm³/mol. The van der Waals surface area contributed by atoms with Crippen molar-refractivity contribution in [1.29, 1.82) is 0 Å². The lowest BCUT2D eigenvalue weighted by Crippen LogP contribution is -2.38. The quantitative estimate of drug-likeness (QED) is 0.777. The molecular weight excluding hydrogens is 332 g/mol. The van der Waals surface area contributed by atoms with Gasteiger partial charge in [0.2, 0.25) is 0 Å². The van der Waals surface area contributed by atoms with Crippen molar-refractivity contribution in [3.05, 3.63) is 50.9 Å². The van der Waals surface area contributed by atoms with E-state index in [9.17, 15) is 9.59 Å². The number of pyridine rings is 1. The van der Waals surface area contributed by atoms with Gasteiger partial charge >= 0.3 is 5.69 Å². The summed E-state index contributed by atoms with van der Waals surface area (Å²) in [6, 6.07) is 3.81. The monoisotopic (exact) mass is 358 g/mol. The van der Waals surface area contributed by atoms with Crippen LogP contribution >= 0.6 is 0 Å². The van der Waals surface area contributed by atoms with Crippen LogP contribution in [0.2, 0.25) is 0 Å². The van der Waals surface area contributed by atoms with E-state index in [1.807, 2.05) is 26.4 Å². The molecule has 2 aromatic rings. The zero-order chi connectivity index (χ0) is 18.7. The van der Waals surface area contributed by atoms with E-state index < -0.39 is 0 Å². The summed E-state index contributed by atoms with van der Waals surface area (Å²) in [4.78, 5) is 35.2. The highest BCUT2D eigenvalue weighted by Gasteiger charge is 2.24. The van der Waals surface area contributed by atoms with Gasteiger partial charge in [0.05, 0.1) is 0 Å². The summed E-state index contributed by atoms with van der Waals surface area (Å²) < 4.78 is 1.19. The van der Waals surface area contributed by atoms with E-state index in [4.69, 9.17) is 0 Å². The van der Waals surface area contributed by atoms with Crippen LogP contribution in [0.15, 0.2) is 34.1 Å². The Morgan fingerprint density at radius 3 is 2.88 bits per heavy atom. The van der Waals surface area contributed by atoms with Crippen LogP contribution in [0, 0.1) is 0 Å². The molecule has 2 aromatic heterocycles. The number of hydrogen-bond donors (Lipinski definition) is 2. The zero-order valence-corrected chi connectivity index (χ0v) is 15.5. The Balaban J connectivity index is 1.65. The number of aromatic amines is 1. The molecule has 140 valence electrons. The Bertz CT molecular complexity index is 841. The largest absolute Gasteiger partial charge is 0.377 e. The van der Waals surface area contributed by atoms with Crippen LogP contribution in [-0.4, -0.2) is 47.8 Å². The molecule has 26 heavy (non-hydrogen) atoms. The second-order valence-corrected chi connectivity index (χ2v) is 6.75. The minimum Gasteiger partial charge on any atom is -0.377 e. The molecule has 0 spiro atoms. The van der Waals surface area contributed by atoms with Crippen molar-refractivity contribution < 1.29 is 0 Å². The number of anilines is 2. The first kappa shape index (κ1) is 18.2. The Labute approximate surface area is 152 Å². The van der Waals surface area contributed by atoms with Crippen molar-refractivity contribution >= 4 is 11.5 Å². The molecule has 0 aromatic carbocycles. The van der Waals surface area contributed by atoms with Crippen LogP contribution in [0.4, 0.5) is 11.5 Å². The normalized spacial score (nSPS) is 16.9. The summed E-state index contributed by atoms with van der Waals surface area (Å²) in [5.74, 6) is 0.601. The van der Waals surface area contributed by atoms with Gasteiger partial charge in [0.25, 0.3) is 5.56 Å². The van der Waals surface area contributed by atoms with Crippen molar-refractivity contribution in [2.75, 3.05) is 37.0 Å². The molecule has 1 atom stereocenters. The number of H-pyrrole nitrogens is 1. The molecule has 0 aliphatic carbocycles. The number of nitrogens with one attached hydrogen (secondary N) is 2. The molecule has 3 rings (SSSR count). The van der Waals surface area contributed by atoms with Crippen LogP contribution in [0.1, 0.15) is 18.9 Å². The molecular formula is C18H26N6O2. The van der Waals surface area contributed by atoms with Gasteiger partial charge in [-0.2, -0.15) is 0 Å². The highest BCUT2D eigenvalue weighted by molar-refractivity contribution is 5.50. The number of nitrogens with zero attached hydrogens (tertiary/aromatic N) is 4. The SMILES string of the molecule is CCn1c(=O)cc(N2CC[C@@H](NCc3cnccc3N(C)C)C2)[nH]c1=O. The van der Waals surface area contributed by atoms with Crippen LogP contribution in [0.25, 0.3) is 0 Å². The molecule has 0 amide bonds. The highest BCUT2D eigenvalue weighted by Crippen LogP contribution is 2.19. The summed E-state index contributed by atoms with van der Waals surface area (Å²) in [5, 5.41) is 3.56. The molecule has 1 aliphatic heterocycles. The molecule has 8 heteroatoms. The fourth-order valence-corrected chi connectivity index (χ4v) is 3.37. The summed E-state index contributed by atoms with van der Waals surface area (Å²) in [6.45, 7) is 4.44. The molecule has 3 heterocycles. The summed E-state index contributed by atoms with van der Waals surface area (Å²) >= 11 is 0. The molecule has 1 fully saturated rings. The number of rotatable bonds is 6. The standard InChI is InChI=1S/C18H26N6O2/c1-4-24-17(25)9-16(21-18(24)26)23-8-6-14(12-23)20-11-13-10-19-7-5-15(13)22(2)3/h5,7,9-10,14,20H,4,6,8,11-12H2,1-3H3,(H,21,26)/t14-/m1/s1. The lowest BCUT2D eigenvalue weighted by Gasteiger charge is -2.20. The topological polar surface area (TPSA) is 86.3 Å². The van der Waals surface area contributed by atoms with Crippen LogP contribution < -0.4 is 26.4 Å². The lowest BCUT2D eigenvalue weighted by atomic mass is 10.2. The van der Waals surface area contributed by atoms with E-state index in [0.717, 1.165) is 37.3 Å². The maximum absolute atomic E-state index is 12.0. The van der Waals surface area contributed by atoms with Crippen LogP contribution in [0.3, 0.4) is 0 Å². The molecule has 1 saturated heterocycles. The van der Waals surface area contributed by atoms with E-state index in [1.54, 1.807) is 13.1 Å². The van der Waals surface area contributed by atoms with Gasteiger partial charge in [0.1, 0.15) is 5.82 Å². The molecule has 8 nitrogen and oxygen atoms in total. The van der Waals surface area contributed by atoms with Gasteiger partial charge in [0.15, 0.2) is 0 Å². The maximum atomic E-state index is 12.0. The minimum atomic E-state index is -0.350. The third kappa shape index (κ3) is 3.80. The third-order valence-electron chi connectivity index (χ3n) is 4.79. The average Bonchev–Trinajstić information content (AvgIpc) is 3.09. The van der Waals surface area contributed by atoms with Crippen molar-refractivity contribution in [3.8, 4) is 0 Å². The number of hydrogen-bond acceptors (Lipinski definition) is 6. The van der Waals surface area contributed by atoms with Gasteiger partial charge in [-0.25, -0.2) is 4.79 Å². The number of aromatic nitrogens is 3. The molecule has 0 bridgehead atoms. The molecule has 0 radical (unpaired) electrons. The Morgan fingerprint density at radius 1 is 1.38 bits per heavy atom. The average molecular weight is 358 g/mol. The van der Waals surface area contributed by atoms with Crippen molar-refractivity contribution in [1.82, 2.24) is 19.9 Å². The minimum absolute atomic E-state index is 0.256. The Hall–Kier alpha value is -2.61. The second-order valence-electron chi connectivity index (χ2n) is 6.75. The van der Waals surface area contributed by atoms with E-state index >= 15 is 0 Å². The third-order valence-corrected chi connectivity index (χ3v) is 4.79. The molecule has 2 N–H and O–H groups in total. The Morgan fingerprint density at radius 2 is 2.19 bits per heavy atom. The summed E-state index contributed by atoms with van der Waals surface area (Å²) in [5.41, 5.74) is 1.69. The maximum Gasteiger partial charge on any atom is 0.329 e. The fourth-order valence-electron chi connectivity index (χ4n) is 3.37. The van der Waals surface area contributed by atoms with Gasteiger partial charge in [-0.1, -0.05) is 0 Å². The van der Waals surface area contributed by atoms with Crippen molar-refractivity contribution in [2.24, 2.45) is 0 Å². The Kier molecular flexibility index (Phi) is 5.41. The molecule has 0 saturated carbocycles. The first-order valence-electron chi connectivity index (χ1n) is 8.92. The summed E-state index contributed by atoms with van der Waals surface area (Å²) in [7, 11) is 4.04. The summed E-state index contributed by atoms with van der Waals surface area (Å²) in [6.07, 6.45) is 4.64. The van der Waals surface area contributed by atoms with Crippen molar-refractivity contribution in [2.45, 2.75) is 32.5 Å². The highest BCUT2D eigenvalue weighted by atomic mass is 16.2. The molecule has 1 aliphatic rings. The van der Waals surface area contributed by atoms with Gasteiger partial charge in [0, 0.05) is 76.0 Å². The van der Waals surface area contributed by atoms with E-state index in [0.29, 0.717) is 18.4 Å². The molecule has 0 unspecified atom stereocenters. The van der Waals surface area contributed by atoms with Gasteiger partial charge < -0.3 is 15.1 Å². The van der Waals surface area contributed by atoms with E-state index in [2.05, 4.69) is 25.1 Å². The van der Waals surface area contributed by atoms with E-state index in [-0.39, 0.29) is 11.2 Å². The van der Waals surface area contributed by atoms with Gasteiger partial charge in [-0.05, 0) is 19.4 Å². The predicted octanol–water partition coefficient (Wildman–Crippen LogP) is 0.386. The smallest absolute Gasteiger partial charge is 0.329 e. The van der Waals surface area contributed by atoms with Crippen LogP contribution in [0.5, 0.6) is 0 Å². The second kappa shape index (κ2) is 7.74. The van der Waals surface area contributed by atoms with Gasteiger partial charge in [-0.3, -0.25) is 19.3 Å². The fraction of sp³-hybridized carbons (Fsp3) is 0.500. The first-order valence-corrected chi connectivity index (χ1v) is 8.92. The zero-order valence-electron chi connectivity index (χ0n) is 15.5. The van der Waals surface area contributed by atoms with Crippen molar-refractivity contribution in [3.63, 3.8) is 0 Å².